The number of aromatic nitrogens is 2. The van der Waals surface area contributed by atoms with Gasteiger partial charge in [0.05, 0.1) is 26.4 Å². The van der Waals surface area contributed by atoms with Gasteiger partial charge in [-0.15, -0.1) is 4.73 Å². The van der Waals surface area contributed by atoms with Crippen molar-refractivity contribution in [3.63, 3.8) is 0 Å². The molecule has 1 heterocycles. The molecule has 33 heavy (non-hydrogen) atoms. The van der Waals surface area contributed by atoms with Crippen molar-refractivity contribution >= 4 is 11.0 Å². The van der Waals surface area contributed by atoms with Crippen LogP contribution in [-0.4, -0.2) is 25.6 Å². The number of fused-ring (bicyclic) bond motifs is 1. The van der Waals surface area contributed by atoms with E-state index in [0.29, 0.717) is 45.2 Å². The van der Waals surface area contributed by atoms with E-state index in [0.717, 1.165) is 10.3 Å². The molecule has 4 aromatic rings. The van der Waals surface area contributed by atoms with Gasteiger partial charge in [0.2, 0.25) is 5.52 Å². The zero-order valence-corrected chi connectivity index (χ0v) is 18.6. The number of ether oxygens (including phenoxy) is 3. The highest BCUT2D eigenvalue weighted by molar-refractivity contribution is 5.73. The molecule has 0 atom stereocenters. The fraction of sp³-hybridized carbons (Fsp3) is 0.200. The van der Waals surface area contributed by atoms with Crippen LogP contribution in [0.5, 0.6) is 17.2 Å². The quantitative estimate of drug-likeness (QED) is 0.304. The summed E-state index contributed by atoms with van der Waals surface area (Å²) in [5.74, 6) is 1.80. The average Bonchev–Trinajstić information content (AvgIpc) is 2.85. The topological polar surface area (TPSA) is 85.9 Å². The molecule has 3 aromatic carbocycles. The zero-order chi connectivity index (χ0) is 23.4. The van der Waals surface area contributed by atoms with Crippen LogP contribution in [0.2, 0.25) is 0 Å². The molecule has 1 aromatic heterocycles. The first-order valence-corrected chi connectivity index (χ1v) is 10.4. The predicted molar refractivity (Wildman–Crippen MR) is 124 cm³/mol. The lowest BCUT2D eigenvalue weighted by Gasteiger charge is -2.15. The Morgan fingerprint density at radius 1 is 0.939 bits per heavy atom. The summed E-state index contributed by atoms with van der Waals surface area (Å²) in [6.07, 6.45) is 0. The number of rotatable bonds is 8. The van der Waals surface area contributed by atoms with Crippen LogP contribution >= 0.6 is 0 Å². The van der Waals surface area contributed by atoms with E-state index in [9.17, 15) is 10.0 Å². The zero-order valence-electron chi connectivity index (χ0n) is 18.6. The Hall–Kier alpha value is -4.20. The molecular formula is C25H24N2O6. The lowest BCUT2D eigenvalue weighted by Crippen LogP contribution is -2.42. The first-order chi connectivity index (χ1) is 16.1. The average molecular weight is 448 g/mol. The van der Waals surface area contributed by atoms with Crippen molar-refractivity contribution in [3.05, 3.63) is 87.9 Å². The normalized spacial score (nSPS) is 10.8. The van der Waals surface area contributed by atoms with Gasteiger partial charge in [-0.05, 0) is 55.0 Å². The Kier molecular flexibility index (Phi) is 6.35. The van der Waals surface area contributed by atoms with Crippen molar-refractivity contribution in [2.75, 3.05) is 20.8 Å². The maximum Gasteiger partial charge on any atom is 0.357 e. The molecule has 170 valence electrons. The van der Waals surface area contributed by atoms with Gasteiger partial charge in [0.1, 0.15) is 12.4 Å². The van der Waals surface area contributed by atoms with Crippen molar-refractivity contribution in [1.29, 1.82) is 0 Å². The largest absolute Gasteiger partial charge is 0.618 e. The molecule has 0 radical (unpaired) electrons. The van der Waals surface area contributed by atoms with E-state index in [-0.39, 0.29) is 12.3 Å². The molecule has 0 spiro atoms. The summed E-state index contributed by atoms with van der Waals surface area (Å²) in [4.78, 5) is 19.3. The molecule has 0 aliphatic heterocycles. The van der Waals surface area contributed by atoms with Gasteiger partial charge in [-0.1, -0.05) is 18.2 Å². The highest BCUT2D eigenvalue weighted by Crippen LogP contribution is 2.27. The summed E-state index contributed by atoms with van der Waals surface area (Å²) in [6, 6.07) is 19.0. The Labute approximate surface area is 190 Å². The summed E-state index contributed by atoms with van der Waals surface area (Å²) in [5.41, 5.74) is 1.32. The molecule has 8 heteroatoms. The number of methoxy groups -OCH3 is 2. The van der Waals surface area contributed by atoms with E-state index in [4.69, 9.17) is 19.0 Å². The third-order valence-electron chi connectivity index (χ3n) is 5.16. The molecular weight excluding hydrogens is 424 g/mol. The number of hydrogen-bond donors (Lipinski definition) is 0. The van der Waals surface area contributed by atoms with E-state index in [1.54, 1.807) is 74.9 Å². The van der Waals surface area contributed by atoms with Crippen LogP contribution in [0.15, 0.2) is 71.5 Å². The van der Waals surface area contributed by atoms with Gasteiger partial charge < -0.3 is 24.3 Å². The van der Waals surface area contributed by atoms with Crippen LogP contribution in [0.3, 0.4) is 0 Å². The highest BCUT2D eigenvalue weighted by atomic mass is 16.7. The highest BCUT2D eigenvalue weighted by Gasteiger charge is 2.23. The molecule has 0 N–H and O–H groups in total. The van der Waals surface area contributed by atoms with Gasteiger partial charge in [0, 0.05) is 6.07 Å². The Balaban J connectivity index is 1.77. The molecule has 0 aliphatic carbocycles. The van der Waals surface area contributed by atoms with Crippen molar-refractivity contribution < 1.29 is 23.8 Å². The lowest BCUT2D eigenvalue weighted by atomic mass is 10.1. The van der Waals surface area contributed by atoms with Crippen molar-refractivity contribution in [3.8, 4) is 28.5 Å². The molecule has 0 amide bonds. The number of para-hydroxylation sites is 2. The summed E-state index contributed by atoms with van der Waals surface area (Å²) in [5, 5.41) is 13.1. The fourth-order valence-corrected chi connectivity index (χ4v) is 3.57. The Morgan fingerprint density at radius 3 is 2.36 bits per heavy atom. The Morgan fingerprint density at radius 2 is 1.67 bits per heavy atom. The summed E-state index contributed by atoms with van der Waals surface area (Å²) >= 11 is 0. The third kappa shape index (κ3) is 4.27. The van der Waals surface area contributed by atoms with E-state index < -0.39 is 5.56 Å². The summed E-state index contributed by atoms with van der Waals surface area (Å²) in [7, 11) is 3.11. The molecule has 8 nitrogen and oxygen atoms in total. The van der Waals surface area contributed by atoms with Gasteiger partial charge in [0.25, 0.3) is 5.69 Å². The van der Waals surface area contributed by atoms with Crippen LogP contribution in [0.1, 0.15) is 12.5 Å². The fourth-order valence-electron chi connectivity index (χ4n) is 3.57. The number of hydrogen-bond acceptors (Lipinski definition) is 6. The van der Waals surface area contributed by atoms with Gasteiger partial charge in [-0.25, -0.2) is 0 Å². The van der Waals surface area contributed by atoms with E-state index in [2.05, 4.69) is 0 Å². The molecule has 0 saturated heterocycles. The van der Waals surface area contributed by atoms with Crippen LogP contribution < -0.4 is 29.3 Å². The standard InChI is InChI=1S/C25H24N2O6/c1-4-32-19-12-10-18(11-13-19)24-25(28)27(21-8-6-5-7-20(21)26(24)29)33-16-17-9-14-22(30-2)23(15-17)31-3/h5-15H,4,16H2,1-3H3. The minimum Gasteiger partial charge on any atom is -0.618 e. The molecule has 0 aliphatic rings. The van der Waals surface area contributed by atoms with Gasteiger partial charge in [-0.3, -0.25) is 4.79 Å². The second kappa shape index (κ2) is 9.52. The molecule has 0 saturated carbocycles. The summed E-state index contributed by atoms with van der Waals surface area (Å²) < 4.78 is 17.9. The third-order valence-corrected chi connectivity index (χ3v) is 5.16. The van der Waals surface area contributed by atoms with E-state index >= 15 is 0 Å². The molecule has 0 unspecified atom stereocenters. The first kappa shape index (κ1) is 22.0. The van der Waals surface area contributed by atoms with Gasteiger partial charge >= 0.3 is 5.56 Å². The monoisotopic (exact) mass is 448 g/mol. The van der Waals surface area contributed by atoms with Crippen molar-refractivity contribution in [2.45, 2.75) is 13.5 Å². The van der Waals surface area contributed by atoms with Crippen molar-refractivity contribution in [2.24, 2.45) is 0 Å². The maximum atomic E-state index is 13.4. The molecule has 4 rings (SSSR count). The number of nitrogens with zero attached hydrogens (tertiary/aromatic N) is 2. The van der Waals surface area contributed by atoms with E-state index in [1.807, 2.05) is 13.0 Å². The van der Waals surface area contributed by atoms with Crippen molar-refractivity contribution in [1.82, 2.24) is 4.73 Å². The lowest BCUT2D eigenvalue weighted by molar-refractivity contribution is -0.566. The Bertz CT molecular complexity index is 1330. The van der Waals surface area contributed by atoms with Crippen LogP contribution in [0, 0.1) is 5.21 Å². The second-order valence-electron chi connectivity index (χ2n) is 7.15. The summed E-state index contributed by atoms with van der Waals surface area (Å²) in [6.45, 7) is 2.49. The molecule has 0 bridgehead atoms. The minimum atomic E-state index is -0.562. The minimum absolute atomic E-state index is 0.0379. The smallest absolute Gasteiger partial charge is 0.357 e. The van der Waals surface area contributed by atoms with Gasteiger partial charge in [0.15, 0.2) is 17.0 Å². The first-order valence-electron chi connectivity index (χ1n) is 10.4. The predicted octanol–water partition coefficient (Wildman–Crippen LogP) is 3.35. The second-order valence-corrected chi connectivity index (χ2v) is 7.15. The maximum absolute atomic E-state index is 13.4. The van der Waals surface area contributed by atoms with Gasteiger partial charge in [-0.2, -0.15) is 4.73 Å². The van der Waals surface area contributed by atoms with Crippen LogP contribution in [0.4, 0.5) is 0 Å². The molecule has 0 fully saturated rings. The van der Waals surface area contributed by atoms with E-state index in [1.165, 1.54) is 0 Å². The van der Waals surface area contributed by atoms with Crippen LogP contribution in [0.25, 0.3) is 22.3 Å². The number of benzene rings is 3. The SMILES string of the molecule is CCOc1ccc(-c2c(=O)n(OCc3ccc(OC)c(OC)c3)c3ccccc3[n+]2[O-])cc1. The van der Waals surface area contributed by atoms with Crippen LogP contribution in [-0.2, 0) is 6.61 Å².